The number of nitrogens with one attached hydrogen (secondary N) is 1. The van der Waals surface area contributed by atoms with Gasteiger partial charge in [-0.2, -0.15) is 0 Å². The smallest absolute Gasteiger partial charge is 0.123 e. The molecule has 1 aliphatic heterocycles. The summed E-state index contributed by atoms with van der Waals surface area (Å²) in [5.41, 5.74) is 2.00. The van der Waals surface area contributed by atoms with Crippen LogP contribution >= 0.6 is 0 Å². The largest absolute Gasteiger partial charge is 0.396 e. The average Bonchev–Trinajstić information content (AvgIpc) is 2.53. The van der Waals surface area contributed by atoms with Gasteiger partial charge in [-0.05, 0) is 63.3 Å². The molecule has 1 heterocycles. The van der Waals surface area contributed by atoms with Gasteiger partial charge in [0, 0.05) is 37.5 Å². The van der Waals surface area contributed by atoms with Crippen molar-refractivity contribution in [2.24, 2.45) is 0 Å². The van der Waals surface area contributed by atoms with Crippen LogP contribution in [0.1, 0.15) is 51.1 Å². The lowest BCUT2D eigenvalue weighted by Gasteiger charge is -2.34. The van der Waals surface area contributed by atoms with E-state index in [4.69, 9.17) is 5.11 Å². The number of rotatable bonds is 7. The van der Waals surface area contributed by atoms with Crippen LogP contribution in [0, 0.1) is 5.82 Å². The molecule has 130 valence electrons. The molecule has 0 aromatic heterocycles. The molecule has 0 radical (unpaired) electrons. The van der Waals surface area contributed by atoms with Crippen LogP contribution in [0.15, 0.2) is 18.2 Å². The van der Waals surface area contributed by atoms with Gasteiger partial charge in [0.25, 0.3) is 0 Å². The van der Waals surface area contributed by atoms with E-state index in [1.807, 2.05) is 13.0 Å². The van der Waals surface area contributed by atoms with Gasteiger partial charge in [-0.25, -0.2) is 4.39 Å². The fourth-order valence-corrected chi connectivity index (χ4v) is 3.26. The van der Waals surface area contributed by atoms with Gasteiger partial charge in [0.1, 0.15) is 5.82 Å². The minimum atomic E-state index is -0.225. The molecular weight excluding hydrogens is 295 g/mol. The van der Waals surface area contributed by atoms with Crippen molar-refractivity contribution in [2.45, 2.75) is 57.7 Å². The maximum Gasteiger partial charge on any atom is 0.123 e. The predicted octanol–water partition coefficient (Wildman–Crippen LogP) is 2.60. The Kier molecular flexibility index (Phi) is 6.81. The minimum Gasteiger partial charge on any atom is -0.396 e. The second-order valence-corrected chi connectivity index (χ2v) is 6.58. The van der Waals surface area contributed by atoms with Crippen LogP contribution in [0.5, 0.6) is 0 Å². The Hall–Kier alpha value is -1.17. The molecule has 5 heteroatoms. The number of halogens is 1. The Labute approximate surface area is 138 Å². The third-order valence-corrected chi connectivity index (χ3v) is 4.59. The van der Waals surface area contributed by atoms with Gasteiger partial charge in [-0.3, -0.25) is 0 Å². The molecule has 3 N–H and O–H groups in total. The molecule has 2 atom stereocenters. The summed E-state index contributed by atoms with van der Waals surface area (Å²) in [7, 11) is 0. The molecular formula is C18H29FN2O2. The fraction of sp³-hybridized carbons (Fsp3) is 0.667. The number of aliphatic hydroxyl groups is 2. The predicted molar refractivity (Wildman–Crippen MR) is 91.2 cm³/mol. The average molecular weight is 324 g/mol. The number of anilines is 1. The number of hydrogen-bond acceptors (Lipinski definition) is 4. The molecule has 1 saturated heterocycles. The first-order valence-electron chi connectivity index (χ1n) is 8.60. The topological polar surface area (TPSA) is 55.7 Å². The van der Waals surface area contributed by atoms with Crippen molar-refractivity contribution < 1.29 is 14.6 Å². The number of nitrogens with zero attached hydrogens (tertiary/aromatic N) is 1. The first kappa shape index (κ1) is 18.2. The molecule has 2 rings (SSSR count). The van der Waals surface area contributed by atoms with E-state index in [0.29, 0.717) is 0 Å². The van der Waals surface area contributed by atoms with E-state index >= 15 is 0 Å². The molecule has 2 unspecified atom stereocenters. The summed E-state index contributed by atoms with van der Waals surface area (Å²) < 4.78 is 13.8. The number of aliphatic hydroxyl groups excluding tert-OH is 2. The van der Waals surface area contributed by atoms with Gasteiger partial charge >= 0.3 is 0 Å². The summed E-state index contributed by atoms with van der Waals surface area (Å²) in [5.74, 6) is -0.225. The zero-order chi connectivity index (χ0) is 16.8. The van der Waals surface area contributed by atoms with Gasteiger partial charge in [0.2, 0.25) is 0 Å². The monoisotopic (exact) mass is 324 g/mol. The van der Waals surface area contributed by atoms with Crippen molar-refractivity contribution in [3.8, 4) is 0 Å². The maximum atomic E-state index is 13.8. The molecule has 0 amide bonds. The number of hydrogen-bond donors (Lipinski definition) is 3. The maximum absolute atomic E-state index is 13.8. The van der Waals surface area contributed by atoms with Crippen LogP contribution in [0.2, 0.25) is 0 Å². The van der Waals surface area contributed by atoms with Crippen molar-refractivity contribution in [1.82, 2.24) is 5.32 Å². The molecule has 0 aliphatic carbocycles. The molecule has 0 bridgehead atoms. The quantitative estimate of drug-likeness (QED) is 0.722. The van der Waals surface area contributed by atoms with E-state index in [0.717, 1.165) is 50.0 Å². The van der Waals surface area contributed by atoms with Gasteiger partial charge in [-0.15, -0.1) is 0 Å². The van der Waals surface area contributed by atoms with E-state index in [-0.39, 0.29) is 30.6 Å². The van der Waals surface area contributed by atoms with E-state index < -0.39 is 0 Å². The molecule has 0 saturated carbocycles. The Morgan fingerprint density at radius 3 is 2.65 bits per heavy atom. The van der Waals surface area contributed by atoms with Crippen LogP contribution in [0.25, 0.3) is 0 Å². The Bertz CT molecular complexity index is 490. The van der Waals surface area contributed by atoms with Gasteiger partial charge in [0.05, 0.1) is 6.10 Å². The highest BCUT2D eigenvalue weighted by Crippen LogP contribution is 2.30. The molecule has 4 nitrogen and oxygen atoms in total. The summed E-state index contributed by atoms with van der Waals surface area (Å²) in [6.07, 6.45) is 2.95. The number of benzene rings is 1. The normalized spacial score (nSPS) is 18.9. The lowest BCUT2D eigenvalue weighted by atomic mass is 10.0. The first-order chi connectivity index (χ1) is 11.0. The molecule has 1 aliphatic rings. The number of piperidine rings is 1. The Balaban J connectivity index is 2.11. The summed E-state index contributed by atoms with van der Waals surface area (Å²) in [5, 5.41) is 22.1. The van der Waals surface area contributed by atoms with Crippen molar-refractivity contribution in [1.29, 1.82) is 0 Å². The standard InChI is InChI=1S/C18H29FN2O2/c1-13(4-3-11-22)20-14(2)17-12-15(19)5-6-18(17)21-9-7-16(23)8-10-21/h5-6,12-14,16,20,22-23H,3-4,7-11H2,1-2H3. The summed E-state index contributed by atoms with van der Waals surface area (Å²) in [4.78, 5) is 2.23. The second-order valence-electron chi connectivity index (χ2n) is 6.58. The van der Waals surface area contributed by atoms with Crippen molar-refractivity contribution in [3.05, 3.63) is 29.6 Å². The lowest BCUT2D eigenvalue weighted by molar-refractivity contribution is 0.145. The van der Waals surface area contributed by atoms with E-state index in [2.05, 4.69) is 17.1 Å². The Morgan fingerprint density at radius 2 is 2.00 bits per heavy atom. The zero-order valence-electron chi connectivity index (χ0n) is 14.1. The molecule has 1 fully saturated rings. The molecule has 1 aromatic carbocycles. The van der Waals surface area contributed by atoms with Gasteiger partial charge < -0.3 is 20.4 Å². The SMILES string of the molecule is CC(CCCO)NC(C)c1cc(F)ccc1N1CCC(O)CC1. The highest BCUT2D eigenvalue weighted by molar-refractivity contribution is 5.55. The van der Waals surface area contributed by atoms with E-state index in [9.17, 15) is 9.50 Å². The van der Waals surface area contributed by atoms with Crippen LogP contribution in [0.4, 0.5) is 10.1 Å². The highest BCUT2D eigenvalue weighted by Gasteiger charge is 2.22. The van der Waals surface area contributed by atoms with Crippen LogP contribution in [-0.2, 0) is 0 Å². The van der Waals surface area contributed by atoms with E-state index in [1.165, 1.54) is 6.07 Å². The van der Waals surface area contributed by atoms with Gasteiger partial charge in [0.15, 0.2) is 0 Å². The zero-order valence-corrected chi connectivity index (χ0v) is 14.1. The minimum absolute atomic E-state index is 0.0289. The van der Waals surface area contributed by atoms with Crippen molar-refractivity contribution in [2.75, 3.05) is 24.6 Å². The fourth-order valence-electron chi connectivity index (χ4n) is 3.26. The third kappa shape index (κ3) is 5.16. The van der Waals surface area contributed by atoms with Crippen LogP contribution < -0.4 is 10.2 Å². The van der Waals surface area contributed by atoms with Crippen molar-refractivity contribution >= 4 is 5.69 Å². The lowest BCUT2D eigenvalue weighted by Crippen LogP contribution is -2.37. The Morgan fingerprint density at radius 1 is 1.30 bits per heavy atom. The van der Waals surface area contributed by atoms with Crippen LogP contribution in [0.3, 0.4) is 0 Å². The molecule has 23 heavy (non-hydrogen) atoms. The highest BCUT2D eigenvalue weighted by atomic mass is 19.1. The third-order valence-electron chi connectivity index (χ3n) is 4.59. The van der Waals surface area contributed by atoms with Gasteiger partial charge in [-0.1, -0.05) is 0 Å². The summed E-state index contributed by atoms with van der Waals surface area (Å²) in [6.45, 7) is 5.93. The second kappa shape index (κ2) is 8.62. The van der Waals surface area contributed by atoms with Crippen LogP contribution in [-0.4, -0.2) is 42.1 Å². The van der Waals surface area contributed by atoms with Crippen molar-refractivity contribution in [3.63, 3.8) is 0 Å². The summed E-state index contributed by atoms with van der Waals surface area (Å²) in [6, 6.07) is 5.25. The summed E-state index contributed by atoms with van der Waals surface area (Å²) >= 11 is 0. The molecule has 0 spiro atoms. The first-order valence-corrected chi connectivity index (χ1v) is 8.60. The molecule has 1 aromatic rings. The van der Waals surface area contributed by atoms with E-state index in [1.54, 1.807) is 6.07 Å².